The lowest BCUT2D eigenvalue weighted by atomic mass is 9.84. The van der Waals surface area contributed by atoms with Gasteiger partial charge in [-0.2, -0.15) is 0 Å². The monoisotopic (exact) mass is 490 g/mol. The van der Waals surface area contributed by atoms with Crippen molar-refractivity contribution in [2.24, 2.45) is 0 Å². The molecule has 0 fully saturated rings. The second kappa shape index (κ2) is 7.69. The van der Waals surface area contributed by atoms with Gasteiger partial charge in [0.1, 0.15) is 22.7 Å². The van der Waals surface area contributed by atoms with Gasteiger partial charge in [-0.05, 0) is 35.9 Å². The molecule has 0 spiro atoms. The van der Waals surface area contributed by atoms with Crippen LogP contribution >= 0.6 is 15.9 Å². The summed E-state index contributed by atoms with van der Waals surface area (Å²) in [6.07, 6.45) is 0. The van der Waals surface area contributed by atoms with E-state index >= 15 is 0 Å². The standard InChI is InChI=1S/C25H15BrO6/c26-16-10-4-1-7-13(16)19(20-22(27)14-8-2-5-11-17(14)31-24(20)29)21-23(28)15-9-3-6-12-18(15)32-25(21)30/h1-12,19,27-28H. The zero-order valence-corrected chi connectivity index (χ0v) is 18.0. The Morgan fingerprint density at radius 2 is 1.09 bits per heavy atom. The van der Waals surface area contributed by atoms with E-state index in [2.05, 4.69) is 15.9 Å². The highest BCUT2D eigenvalue weighted by molar-refractivity contribution is 9.10. The minimum absolute atomic E-state index is 0.173. The van der Waals surface area contributed by atoms with Gasteiger partial charge >= 0.3 is 11.3 Å². The zero-order valence-electron chi connectivity index (χ0n) is 16.4. The number of para-hydroxylation sites is 2. The second-order valence-electron chi connectivity index (χ2n) is 7.25. The Kier molecular flexibility index (Phi) is 4.83. The number of aromatic hydroxyl groups is 2. The lowest BCUT2D eigenvalue weighted by Crippen LogP contribution is -2.21. The molecule has 0 atom stereocenters. The van der Waals surface area contributed by atoms with E-state index in [1.165, 1.54) is 0 Å². The summed E-state index contributed by atoms with van der Waals surface area (Å²) in [5.41, 5.74) is -1.10. The van der Waals surface area contributed by atoms with E-state index in [-0.39, 0.29) is 33.8 Å². The predicted octanol–water partition coefficient (Wildman–Crippen LogP) is 5.25. The fourth-order valence-electron chi connectivity index (χ4n) is 3.97. The summed E-state index contributed by atoms with van der Waals surface area (Å²) in [6.45, 7) is 0. The highest BCUT2D eigenvalue weighted by Crippen LogP contribution is 2.43. The Labute approximate surface area is 189 Å². The van der Waals surface area contributed by atoms with Crippen molar-refractivity contribution in [3.63, 3.8) is 0 Å². The molecule has 2 N–H and O–H groups in total. The van der Waals surface area contributed by atoms with Crippen molar-refractivity contribution in [2.45, 2.75) is 5.92 Å². The van der Waals surface area contributed by atoms with E-state index in [1.807, 2.05) is 0 Å². The van der Waals surface area contributed by atoms with Gasteiger partial charge in [0.2, 0.25) is 0 Å². The Hall–Kier alpha value is -3.84. The first kappa shape index (κ1) is 20.1. The van der Waals surface area contributed by atoms with Gasteiger partial charge in [-0.1, -0.05) is 58.4 Å². The molecule has 6 nitrogen and oxygen atoms in total. The molecule has 0 radical (unpaired) electrons. The van der Waals surface area contributed by atoms with Gasteiger partial charge < -0.3 is 19.0 Å². The van der Waals surface area contributed by atoms with Crippen molar-refractivity contribution < 1.29 is 19.0 Å². The first-order valence-electron chi connectivity index (χ1n) is 9.71. The highest BCUT2D eigenvalue weighted by atomic mass is 79.9. The number of hydrogen-bond donors (Lipinski definition) is 2. The Balaban J connectivity index is 1.94. The quantitative estimate of drug-likeness (QED) is 0.335. The van der Waals surface area contributed by atoms with E-state index in [4.69, 9.17) is 8.83 Å². The minimum atomic E-state index is -1.16. The predicted molar refractivity (Wildman–Crippen MR) is 123 cm³/mol. The summed E-state index contributed by atoms with van der Waals surface area (Å²) in [7, 11) is 0. The minimum Gasteiger partial charge on any atom is -0.507 e. The van der Waals surface area contributed by atoms with Crippen molar-refractivity contribution in [1.82, 2.24) is 0 Å². The molecule has 5 aromatic rings. The van der Waals surface area contributed by atoms with Crippen LogP contribution in [0.5, 0.6) is 11.5 Å². The van der Waals surface area contributed by atoms with Crippen LogP contribution in [0.15, 0.2) is 95.7 Å². The number of benzene rings is 3. The molecule has 2 aromatic heterocycles. The van der Waals surface area contributed by atoms with Crippen molar-refractivity contribution >= 4 is 37.9 Å². The van der Waals surface area contributed by atoms with E-state index in [9.17, 15) is 19.8 Å². The third-order valence-electron chi connectivity index (χ3n) is 5.43. The van der Waals surface area contributed by atoms with Crippen LogP contribution in [0, 0.1) is 0 Å². The summed E-state index contributed by atoms with van der Waals surface area (Å²) < 4.78 is 11.5. The molecule has 2 heterocycles. The maximum Gasteiger partial charge on any atom is 0.344 e. The average Bonchev–Trinajstić information content (AvgIpc) is 2.78. The van der Waals surface area contributed by atoms with Crippen molar-refractivity contribution in [3.05, 3.63) is 115 Å². The van der Waals surface area contributed by atoms with Gasteiger partial charge in [-0.25, -0.2) is 9.59 Å². The molecule has 7 heteroatoms. The van der Waals surface area contributed by atoms with Crippen molar-refractivity contribution in [2.75, 3.05) is 0 Å². The summed E-state index contributed by atoms with van der Waals surface area (Å²) >= 11 is 3.46. The highest BCUT2D eigenvalue weighted by Gasteiger charge is 2.33. The number of hydrogen-bond acceptors (Lipinski definition) is 6. The van der Waals surface area contributed by atoms with E-state index in [0.29, 0.717) is 20.8 Å². The zero-order chi connectivity index (χ0) is 22.4. The molecule has 0 saturated heterocycles. The fourth-order valence-corrected chi connectivity index (χ4v) is 4.48. The molecule has 0 aliphatic heterocycles. The van der Waals surface area contributed by atoms with Crippen LogP contribution in [0.2, 0.25) is 0 Å². The van der Waals surface area contributed by atoms with Crippen LogP contribution in [0.25, 0.3) is 21.9 Å². The van der Waals surface area contributed by atoms with Gasteiger partial charge in [-0.15, -0.1) is 0 Å². The number of halogens is 1. The number of rotatable bonds is 3. The molecule has 158 valence electrons. The van der Waals surface area contributed by atoms with Crippen LogP contribution in [0.1, 0.15) is 22.6 Å². The van der Waals surface area contributed by atoms with Crippen LogP contribution in [0.4, 0.5) is 0 Å². The van der Waals surface area contributed by atoms with Gasteiger partial charge in [0.05, 0.1) is 27.8 Å². The SMILES string of the molecule is O=c1oc2ccccc2c(O)c1C(c1ccccc1Br)c1c(O)c2ccccc2oc1=O. The second-order valence-corrected chi connectivity index (χ2v) is 8.10. The molecular formula is C25H15BrO6. The maximum atomic E-state index is 13.1. The van der Waals surface area contributed by atoms with Gasteiger partial charge in [0.15, 0.2) is 0 Å². The molecule has 0 unspecified atom stereocenters. The molecule has 0 bridgehead atoms. The molecule has 0 aliphatic carbocycles. The van der Waals surface area contributed by atoms with Crippen LogP contribution in [-0.2, 0) is 0 Å². The largest absolute Gasteiger partial charge is 0.507 e. The van der Waals surface area contributed by atoms with E-state index in [1.54, 1.807) is 72.8 Å². The molecule has 0 aliphatic rings. The molecule has 0 saturated carbocycles. The molecule has 3 aromatic carbocycles. The molecule has 0 amide bonds. The molecule has 32 heavy (non-hydrogen) atoms. The normalized spacial score (nSPS) is 11.4. The van der Waals surface area contributed by atoms with Gasteiger partial charge in [-0.3, -0.25) is 0 Å². The first-order valence-corrected chi connectivity index (χ1v) is 10.5. The van der Waals surface area contributed by atoms with Gasteiger partial charge in [0, 0.05) is 4.47 Å². The first-order chi connectivity index (χ1) is 15.5. The Bertz CT molecular complexity index is 1520. The summed E-state index contributed by atoms with van der Waals surface area (Å²) in [4.78, 5) is 26.2. The van der Waals surface area contributed by atoms with E-state index in [0.717, 1.165) is 0 Å². The molecular weight excluding hydrogens is 476 g/mol. The van der Waals surface area contributed by atoms with Crippen LogP contribution in [0.3, 0.4) is 0 Å². The average molecular weight is 491 g/mol. The lowest BCUT2D eigenvalue weighted by Gasteiger charge is -2.20. The third kappa shape index (κ3) is 3.09. The Morgan fingerprint density at radius 3 is 1.59 bits per heavy atom. The lowest BCUT2D eigenvalue weighted by molar-refractivity contribution is 0.441. The topological polar surface area (TPSA) is 101 Å². The van der Waals surface area contributed by atoms with Gasteiger partial charge in [0.25, 0.3) is 0 Å². The summed E-state index contributed by atoms with van der Waals surface area (Å²) in [6, 6.07) is 20.0. The van der Waals surface area contributed by atoms with Crippen molar-refractivity contribution in [3.8, 4) is 11.5 Å². The number of fused-ring (bicyclic) bond motifs is 2. The summed E-state index contributed by atoms with van der Waals surface area (Å²) in [5, 5.41) is 22.9. The maximum absolute atomic E-state index is 13.1. The van der Waals surface area contributed by atoms with Crippen LogP contribution in [-0.4, -0.2) is 10.2 Å². The molecule has 5 rings (SSSR count). The smallest absolute Gasteiger partial charge is 0.344 e. The Morgan fingerprint density at radius 1 is 0.656 bits per heavy atom. The van der Waals surface area contributed by atoms with Crippen molar-refractivity contribution in [1.29, 1.82) is 0 Å². The summed E-state index contributed by atoms with van der Waals surface area (Å²) in [5.74, 6) is -1.82. The fraction of sp³-hybridized carbons (Fsp3) is 0.0400. The third-order valence-corrected chi connectivity index (χ3v) is 6.16. The van der Waals surface area contributed by atoms with Crippen LogP contribution < -0.4 is 11.3 Å². The van der Waals surface area contributed by atoms with E-state index < -0.39 is 17.2 Å².